The molecular weight excluding hydrogens is 276 g/mol. The van der Waals surface area contributed by atoms with Gasteiger partial charge in [0.05, 0.1) is 19.2 Å². The van der Waals surface area contributed by atoms with Gasteiger partial charge in [-0.25, -0.2) is 0 Å². The van der Waals surface area contributed by atoms with E-state index in [1.165, 1.54) is 5.56 Å². The number of pyridine rings is 1. The van der Waals surface area contributed by atoms with Crippen LogP contribution in [-0.4, -0.2) is 43.2 Å². The van der Waals surface area contributed by atoms with E-state index in [2.05, 4.69) is 30.7 Å². The molecule has 0 aliphatic rings. The van der Waals surface area contributed by atoms with Crippen LogP contribution in [-0.2, 0) is 0 Å². The third-order valence-corrected chi connectivity index (χ3v) is 4.02. The Labute approximate surface area is 133 Å². The highest BCUT2D eigenvalue weighted by molar-refractivity contribution is 5.85. The lowest BCUT2D eigenvalue weighted by Crippen LogP contribution is -2.25. The van der Waals surface area contributed by atoms with Gasteiger partial charge in [0.1, 0.15) is 0 Å². The predicted octanol–water partition coefficient (Wildman–Crippen LogP) is 3.66. The molecule has 4 nitrogen and oxygen atoms in total. The zero-order valence-corrected chi connectivity index (χ0v) is 14.1. The second-order valence-electron chi connectivity index (χ2n) is 5.38. The van der Waals surface area contributed by atoms with Crippen LogP contribution in [0.4, 0.5) is 0 Å². The number of nitrogens with zero attached hydrogens (tertiary/aromatic N) is 2. The summed E-state index contributed by atoms with van der Waals surface area (Å²) in [7, 11) is 1.68. The first-order valence-corrected chi connectivity index (χ1v) is 7.98. The van der Waals surface area contributed by atoms with Gasteiger partial charge in [0.15, 0.2) is 11.5 Å². The summed E-state index contributed by atoms with van der Waals surface area (Å²) in [6, 6.07) is 5.99. The third kappa shape index (κ3) is 3.89. The van der Waals surface area contributed by atoms with Gasteiger partial charge in [0, 0.05) is 24.2 Å². The minimum Gasteiger partial charge on any atom is -0.493 e. The zero-order valence-electron chi connectivity index (χ0n) is 14.1. The molecule has 0 spiro atoms. The summed E-state index contributed by atoms with van der Waals surface area (Å²) in [5.41, 5.74) is 2.14. The molecule has 0 radical (unpaired) electrons. The van der Waals surface area contributed by atoms with E-state index >= 15 is 0 Å². The molecule has 1 heterocycles. The average molecular weight is 302 g/mol. The summed E-state index contributed by atoms with van der Waals surface area (Å²) in [6.07, 6.45) is 2.83. The summed E-state index contributed by atoms with van der Waals surface area (Å²) < 4.78 is 11.4. The number of hydrogen-bond acceptors (Lipinski definition) is 4. The van der Waals surface area contributed by atoms with E-state index in [1.807, 2.05) is 24.4 Å². The number of aromatic nitrogens is 1. The molecule has 0 unspecified atom stereocenters. The van der Waals surface area contributed by atoms with Gasteiger partial charge >= 0.3 is 0 Å². The smallest absolute Gasteiger partial charge is 0.163 e. The second-order valence-corrected chi connectivity index (χ2v) is 5.38. The van der Waals surface area contributed by atoms with E-state index in [9.17, 15) is 0 Å². The van der Waals surface area contributed by atoms with Crippen LogP contribution in [0.2, 0.25) is 0 Å². The largest absolute Gasteiger partial charge is 0.493 e. The molecule has 0 atom stereocenters. The van der Waals surface area contributed by atoms with Crippen molar-refractivity contribution in [3.8, 4) is 11.5 Å². The van der Waals surface area contributed by atoms with Crippen molar-refractivity contribution in [3.63, 3.8) is 0 Å². The fourth-order valence-corrected chi connectivity index (χ4v) is 2.57. The van der Waals surface area contributed by atoms with E-state index in [4.69, 9.17) is 9.47 Å². The Balaban J connectivity index is 2.07. The maximum Gasteiger partial charge on any atom is 0.163 e. The maximum absolute atomic E-state index is 5.92. The molecule has 22 heavy (non-hydrogen) atoms. The first-order valence-electron chi connectivity index (χ1n) is 7.98. The Kier molecular flexibility index (Phi) is 6.01. The van der Waals surface area contributed by atoms with Gasteiger partial charge in [-0.2, -0.15) is 0 Å². The van der Waals surface area contributed by atoms with Crippen LogP contribution in [0.25, 0.3) is 10.9 Å². The van der Waals surface area contributed by atoms with Crippen molar-refractivity contribution in [2.45, 2.75) is 27.2 Å². The van der Waals surface area contributed by atoms with E-state index in [1.54, 1.807) is 7.11 Å². The molecular formula is C18H26N2O2. The highest BCUT2D eigenvalue weighted by Crippen LogP contribution is 2.32. The number of aryl methyl sites for hydroxylation is 1. The number of methoxy groups -OCH3 is 1. The topological polar surface area (TPSA) is 34.6 Å². The summed E-state index contributed by atoms with van der Waals surface area (Å²) in [5.74, 6) is 1.54. The normalized spacial score (nSPS) is 11.1. The highest BCUT2D eigenvalue weighted by Gasteiger charge is 2.09. The van der Waals surface area contributed by atoms with Gasteiger partial charge in [-0.05, 0) is 44.1 Å². The molecule has 0 bridgehead atoms. The molecule has 0 saturated heterocycles. The minimum atomic E-state index is 0.685. The lowest BCUT2D eigenvalue weighted by molar-refractivity contribution is 0.243. The molecule has 1 aromatic carbocycles. The van der Waals surface area contributed by atoms with Crippen molar-refractivity contribution in [2.24, 2.45) is 0 Å². The summed E-state index contributed by atoms with van der Waals surface area (Å²) >= 11 is 0. The van der Waals surface area contributed by atoms with Crippen molar-refractivity contribution in [1.82, 2.24) is 9.88 Å². The predicted molar refractivity (Wildman–Crippen MR) is 90.9 cm³/mol. The second kappa shape index (κ2) is 7.99. The number of ether oxygens (including phenoxy) is 2. The first kappa shape index (κ1) is 16.6. The Morgan fingerprint density at radius 2 is 1.91 bits per heavy atom. The van der Waals surface area contributed by atoms with Crippen LogP contribution in [0.3, 0.4) is 0 Å². The van der Waals surface area contributed by atoms with Crippen molar-refractivity contribution in [2.75, 3.05) is 33.4 Å². The van der Waals surface area contributed by atoms with E-state index in [0.29, 0.717) is 6.61 Å². The van der Waals surface area contributed by atoms with Gasteiger partial charge in [0.2, 0.25) is 0 Å². The van der Waals surface area contributed by atoms with E-state index in [0.717, 1.165) is 48.5 Å². The Hall–Kier alpha value is -1.81. The minimum absolute atomic E-state index is 0.685. The number of hydrogen-bond donors (Lipinski definition) is 0. The first-order chi connectivity index (χ1) is 10.7. The molecule has 0 fully saturated rings. The monoisotopic (exact) mass is 302 g/mol. The summed E-state index contributed by atoms with van der Waals surface area (Å²) in [6.45, 7) is 10.4. The molecule has 0 saturated carbocycles. The zero-order chi connectivity index (χ0) is 15.9. The van der Waals surface area contributed by atoms with Gasteiger partial charge in [-0.3, -0.25) is 4.98 Å². The van der Waals surface area contributed by atoms with Crippen LogP contribution in [0.1, 0.15) is 25.8 Å². The van der Waals surface area contributed by atoms with Gasteiger partial charge in [-0.1, -0.05) is 13.8 Å². The van der Waals surface area contributed by atoms with Gasteiger partial charge in [-0.15, -0.1) is 0 Å². The molecule has 2 aromatic rings. The van der Waals surface area contributed by atoms with Crippen LogP contribution >= 0.6 is 0 Å². The van der Waals surface area contributed by atoms with Crippen LogP contribution in [0, 0.1) is 6.92 Å². The highest BCUT2D eigenvalue weighted by atomic mass is 16.5. The number of rotatable bonds is 8. The third-order valence-electron chi connectivity index (χ3n) is 4.02. The quantitative estimate of drug-likeness (QED) is 0.697. The Bertz CT molecular complexity index is 609. The SMILES string of the molecule is CCN(CC)CCCOc1cc2nccc(C)c2cc1OC. The van der Waals surface area contributed by atoms with E-state index < -0.39 is 0 Å². The van der Waals surface area contributed by atoms with Crippen molar-refractivity contribution in [3.05, 3.63) is 30.0 Å². The lowest BCUT2D eigenvalue weighted by Gasteiger charge is -2.18. The standard InChI is InChI=1S/C18H26N2O2/c1-5-20(6-2)10-7-11-22-18-13-16-15(12-17(18)21-4)14(3)8-9-19-16/h8-9,12-13H,5-7,10-11H2,1-4H3. The summed E-state index contributed by atoms with van der Waals surface area (Å²) in [4.78, 5) is 6.81. The van der Waals surface area contributed by atoms with E-state index in [-0.39, 0.29) is 0 Å². The number of fused-ring (bicyclic) bond motifs is 1. The molecule has 2 rings (SSSR count). The number of benzene rings is 1. The Morgan fingerprint density at radius 1 is 1.14 bits per heavy atom. The average Bonchev–Trinajstić information content (AvgIpc) is 2.54. The van der Waals surface area contributed by atoms with Crippen molar-refractivity contribution < 1.29 is 9.47 Å². The fraction of sp³-hybridized carbons (Fsp3) is 0.500. The van der Waals surface area contributed by atoms with Gasteiger partial charge in [0.25, 0.3) is 0 Å². The molecule has 4 heteroatoms. The fourth-order valence-electron chi connectivity index (χ4n) is 2.57. The van der Waals surface area contributed by atoms with Gasteiger partial charge < -0.3 is 14.4 Å². The van der Waals surface area contributed by atoms with Crippen LogP contribution in [0.5, 0.6) is 11.5 Å². The molecule has 0 amide bonds. The maximum atomic E-state index is 5.92. The summed E-state index contributed by atoms with van der Waals surface area (Å²) in [5, 5.41) is 1.11. The van der Waals surface area contributed by atoms with Crippen molar-refractivity contribution in [1.29, 1.82) is 0 Å². The van der Waals surface area contributed by atoms with Crippen LogP contribution < -0.4 is 9.47 Å². The molecule has 1 aromatic heterocycles. The van der Waals surface area contributed by atoms with Crippen LogP contribution in [0.15, 0.2) is 24.4 Å². The lowest BCUT2D eigenvalue weighted by atomic mass is 10.1. The molecule has 120 valence electrons. The molecule has 0 aliphatic carbocycles. The molecule has 0 N–H and O–H groups in total. The molecule has 0 aliphatic heterocycles. The Morgan fingerprint density at radius 3 is 2.59 bits per heavy atom. The van der Waals surface area contributed by atoms with Crippen molar-refractivity contribution >= 4 is 10.9 Å².